The third-order valence-corrected chi connectivity index (χ3v) is 3.15. The van der Waals surface area contributed by atoms with E-state index in [1.807, 2.05) is 31.4 Å². The van der Waals surface area contributed by atoms with Crippen LogP contribution in [0.2, 0.25) is 0 Å². The Morgan fingerprint density at radius 2 is 2.12 bits per heavy atom. The van der Waals surface area contributed by atoms with Crippen molar-refractivity contribution in [1.29, 1.82) is 0 Å². The van der Waals surface area contributed by atoms with Crippen molar-refractivity contribution in [2.45, 2.75) is 20.5 Å². The average Bonchev–Trinajstić information content (AvgIpc) is 2.74. The Morgan fingerprint density at radius 3 is 2.81 bits per heavy atom. The molecule has 2 rings (SSSR count). The lowest BCUT2D eigenvalue weighted by molar-refractivity contribution is 0.303. The Labute approximate surface area is 98.9 Å². The molecule has 1 aromatic heterocycles. The molecule has 0 radical (unpaired) electrons. The molecule has 0 spiro atoms. The van der Waals surface area contributed by atoms with E-state index in [1.165, 1.54) is 0 Å². The topological polar surface area (TPSA) is 48.1 Å². The molecule has 0 atom stereocenters. The Balaban J connectivity index is 2.12. The first kappa shape index (κ1) is 11.0. The zero-order valence-electron chi connectivity index (χ0n) is 9.36. The summed E-state index contributed by atoms with van der Waals surface area (Å²) in [5.41, 5.74) is 8.79. The molecule has 0 aliphatic carbocycles. The summed E-state index contributed by atoms with van der Waals surface area (Å²) in [5, 5.41) is 2.91. The largest absolute Gasteiger partial charge is 0.486 e. The van der Waals surface area contributed by atoms with E-state index < -0.39 is 0 Å². The van der Waals surface area contributed by atoms with Crippen molar-refractivity contribution >= 4 is 17.0 Å². The molecular formula is C12H14N2OS. The molecule has 0 amide bonds. The second-order valence-corrected chi connectivity index (χ2v) is 4.67. The number of benzene rings is 1. The number of rotatable bonds is 3. The average molecular weight is 234 g/mol. The van der Waals surface area contributed by atoms with Gasteiger partial charge < -0.3 is 10.5 Å². The minimum absolute atomic E-state index is 0.501. The van der Waals surface area contributed by atoms with Crippen molar-refractivity contribution in [1.82, 2.24) is 4.98 Å². The number of hydrogen-bond donors (Lipinski definition) is 1. The van der Waals surface area contributed by atoms with Crippen molar-refractivity contribution in [2.75, 3.05) is 5.73 Å². The van der Waals surface area contributed by atoms with Crippen molar-refractivity contribution in [2.24, 2.45) is 0 Å². The molecular weight excluding hydrogens is 220 g/mol. The highest BCUT2D eigenvalue weighted by Crippen LogP contribution is 2.25. The highest BCUT2D eigenvalue weighted by molar-refractivity contribution is 7.09. The molecule has 0 fully saturated rings. The SMILES string of the molecule is Cc1cc(C)c(OCc2nccs2)cc1N. The monoisotopic (exact) mass is 234 g/mol. The van der Waals surface area contributed by atoms with Gasteiger partial charge in [0.2, 0.25) is 0 Å². The quantitative estimate of drug-likeness (QED) is 0.831. The Bertz CT molecular complexity index is 480. The van der Waals surface area contributed by atoms with Crippen molar-refractivity contribution < 1.29 is 4.74 Å². The fourth-order valence-electron chi connectivity index (χ4n) is 1.47. The van der Waals surface area contributed by atoms with Crippen LogP contribution in [0.4, 0.5) is 5.69 Å². The summed E-state index contributed by atoms with van der Waals surface area (Å²) in [5.74, 6) is 0.832. The molecule has 1 aromatic carbocycles. The van der Waals surface area contributed by atoms with Gasteiger partial charge in [-0.25, -0.2) is 4.98 Å². The van der Waals surface area contributed by atoms with Gasteiger partial charge in [-0.15, -0.1) is 11.3 Å². The van der Waals surface area contributed by atoms with Crippen molar-refractivity contribution in [3.8, 4) is 5.75 Å². The van der Waals surface area contributed by atoms with Crippen LogP contribution in [0, 0.1) is 13.8 Å². The second-order valence-electron chi connectivity index (χ2n) is 3.69. The van der Waals surface area contributed by atoms with Crippen LogP contribution in [0.5, 0.6) is 5.75 Å². The third-order valence-electron chi connectivity index (χ3n) is 2.40. The van der Waals surface area contributed by atoms with Gasteiger partial charge in [0, 0.05) is 23.3 Å². The smallest absolute Gasteiger partial charge is 0.140 e. The molecule has 16 heavy (non-hydrogen) atoms. The molecule has 84 valence electrons. The van der Waals surface area contributed by atoms with E-state index in [4.69, 9.17) is 10.5 Å². The zero-order chi connectivity index (χ0) is 11.5. The zero-order valence-corrected chi connectivity index (χ0v) is 10.2. The molecule has 3 nitrogen and oxygen atoms in total. The van der Waals surface area contributed by atoms with Gasteiger partial charge in [0.15, 0.2) is 0 Å². The van der Waals surface area contributed by atoms with Crippen molar-refractivity contribution in [3.63, 3.8) is 0 Å². The summed E-state index contributed by atoms with van der Waals surface area (Å²) < 4.78 is 5.68. The normalized spacial score (nSPS) is 10.4. The van der Waals surface area contributed by atoms with Crippen LogP contribution in [0.1, 0.15) is 16.1 Å². The maximum atomic E-state index is 5.85. The summed E-state index contributed by atoms with van der Waals surface area (Å²) in [4.78, 5) is 4.16. The molecule has 2 aromatic rings. The summed E-state index contributed by atoms with van der Waals surface area (Å²) in [6, 6.07) is 3.91. The van der Waals surface area contributed by atoms with Gasteiger partial charge in [0.05, 0.1) is 0 Å². The molecule has 2 N–H and O–H groups in total. The van der Waals surface area contributed by atoms with Gasteiger partial charge in [-0.1, -0.05) is 6.07 Å². The molecule has 0 saturated carbocycles. The van der Waals surface area contributed by atoms with Crippen LogP contribution in [-0.2, 0) is 6.61 Å². The Kier molecular flexibility index (Phi) is 3.10. The third kappa shape index (κ3) is 2.33. The van der Waals surface area contributed by atoms with Gasteiger partial charge in [-0.3, -0.25) is 0 Å². The number of ether oxygens (including phenoxy) is 1. The van der Waals surface area contributed by atoms with Gasteiger partial charge in [-0.2, -0.15) is 0 Å². The second kappa shape index (κ2) is 4.53. The van der Waals surface area contributed by atoms with Crippen LogP contribution in [0.15, 0.2) is 23.7 Å². The maximum absolute atomic E-state index is 5.85. The summed E-state index contributed by atoms with van der Waals surface area (Å²) in [7, 11) is 0. The number of nitrogens with zero attached hydrogens (tertiary/aromatic N) is 1. The fourth-order valence-corrected chi connectivity index (χ4v) is 1.99. The molecule has 0 bridgehead atoms. The lowest BCUT2D eigenvalue weighted by Crippen LogP contribution is -1.99. The Morgan fingerprint density at radius 1 is 1.31 bits per heavy atom. The van der Waals surface area contributed by atoms with Crippen LogP contribution < -0.4 is 10.5 Å². The number of hydrogen-bond acceptors (Lipinski definition) is 4. The molecule has 0 aliphatic heterocycles. The van der Waals surface area contributed by atoms with Gasteiger partial charge in [0.1, 0.15) is 17.4 Å². The predicted octanol–water partition coefficient (Wildman–Crippen LogP) is 2.92. The highest BCUT2D eigenvalue weighted by Gasteiger charge is 2.04. The maximum Gasteiger partial charge on any atom is 0.140 e. The summed E-state index contributed by atoms with van der Waals surface area (Å²) >= 11 is 1.59. The molecule has 0 saturated heterocycles. The number of aryl methyl sites for hydroxylation is 2. The van der Waals surface area contributed by atoms with Gasteiger partial charge in [-0.05, 0) is 25.0 Å². The highest BCUT2D eigenvalue weighted by atomic mass is 32.1. The van der Waals surface area contributed by atoms with E-state index in [-0.39, 0.29) is 0 Å². The molecule has 4 heteroatoms. The number of nitrogens with two attached hydrogens (primary N) is 1. The minimum atomic E-state index is 0.501. The van der Waals surface area contributed by atoms with Crippen LogP contribution >= 0.6 is 11.3 Å². The first-order chi connectivity index (χ1) is 7.66. The number of thiazole rings is 1. The minimum Gasteiger partial charge on any atom is -0.486 e. The molecule has 1 heterocycles. The number of nitrogen functional groups attached to an aromatic ring is 1. The standard InChI is InChI=1S/C12H14N2OS/c1-8-5-9(2)11(6-10(8)13)15-7-12-14-3-4-16-12/h3-6H,7,13H2,1-2H3. The first-order valence-corrected chi connectivity index (χ1v) is 5.92. The van der Waals surface area contributed by atoms with Crippen LogP contribution in [0.25, 0.3) is 0 Å². The lowest BCUT2D eigenvalue weighted by atomic mass is 10.1. The lowest BCUT2D eigenvalue weighted by Gasteiger charge is -2.10. The number of anilines is 1. The first-order valence-electron chi connectivity index (χ1n) is 5.04. The predicted molar refractivity (Wildman–Crippen MR) is 66.8 cm³/mol. The van der Waals surface area contributed by atoms with Gasteiger partial charge >= 0.3 is 0 Å². The van der Waals surface area contributed by atoms with Gasteiger partial charge in [0.25, 0.3) is 0 Å². The van der Waals surface area contributed by atoms with E-state index in [0.29, 0.717) is 6.61 Å². The van der Waals surface area contributed by atoms with E-state index >= 15 is 0 Å². The summed E-state index contributed by atoms with van der Waals surface area (Å²) in [6.45, 7) is 4.51. The van der Waals surface area contributed by atoms with E-state index in [0.717, 1.165) is 27.6 Å². The van der Waals surface area contributed by atoms with Crippen LogP contribution in [-0.4, -0.2) is 4.98 Å². The van der Waals surface area contributed by atoms with Crippen LogP contribution in [0.3, 0.4) is 0 Å². The molecule has 0 aliphatic rings. The molecule has 0 unspecified atom stereocenters. The van der Waals surface area contributed by atoms with Crippen molar-refractivity contribution in [3.05, 3.63) is 39.8 Å². The summed E-state index contributed by atoms with van der Waals surface area (Å²) in [6.07, 6.45) is 1.78. The van der Waals surface area contributed by atoms with E-state index in [1.54, 1.807) is 17.5 Å². The Hall–Kier alpha value is -1.55. The fraction of sp³-hybridized carbons (Fsp3) is 0.250. The van der Waals surface area contributed by atoms with E-state index in [2.05, 4.69) is 4.98 Å². The van der Waals surface area contributed by atoms with E-state index in [9.17, 15) is 0 Å². The number of aromatic nitrogens is 1.